The maximum atomic E-state index is 12.3. The van der Waals surface area contributed by atoms with E-state index >= 15 is 0 Å². The van der Waals surface area contributed by atoms with E-state index in [0.29, 0.717) is 45.1 Å². The van der Waals surface area contributed by atoms with E-state index in [0.717, 1.165) is 12.1 Å². The van der Waals surface area contributed by atoms with Gasteiger partial charge in [0.05, 0.1) is 31.6 Å². The number of nitrogens with zero attached hydrogens (tertiary/aromatic N) is 3. The number of piperazine rings is 1. The van der Waals surface area contributed by atoms with Crippen molar-refractivity contribution in [3.8, 4) is 5.75 Å². The highest BCUT2D eigenvalue weighted by molar-refractivity contribution is 5.93. The van der Waals surface area contributed by atoms with Crippen molar-refractivity contribution in [2.45, 2.75) is 12.5 Å². The van der Waals surface area contributed by atoms with Crippen molar-refractivity contribution in [2.24, 2.45) is 0 Å². The van der Waals surface area contributed by atoms with E-state index in [1.807, 2.05) is 4.90 Å². The molecular weight excluding hydrogens is 328 g/mol. The number of ether oxygens (including phenoxy) is 2. The molecule has 0 aromatic carbocycles. The maximum absolute atomic E-state index is 12.3. The molecule has 0 spiro atoms. The molecule has 1 atom stereocenters. The minimum absolute atomic E-state index is 0.0177. The van der Waals surface area contributed by atoms with Crippen LogP contribution in [0.2, 0.25) is 0 Å². The van der Waals surface area contributed by atoms with Gasteiger partial charge in [-0.25, -0.2) is 9.78 Å². The highest BCUT2D eigenvalue weighted by Gasteiger charge is 2.24. The molecule has 25 heavy (non-hydrogen) atoms. The van der Waals surface area contributed by atoms with Crippen LogP contribution in [0, 0.1) is 0 Å². The number of anilines is 1. The van der Waals surface area contributed by atoms with Gasteiger partial charge in [-0.15, -0.1) is 0 Å². The maximum Gasteiger partial charge on any atom is 0.407 e. The number of nitrogens with one attached hydrogen (secondary N) is 1. The number of methoxy groups -OCH3 is 1. The van der Waals surface area contributed by atoms with Crippen molar-refractivity contribution in [1.29, 1.82) is 0 Å². The molecule has 136 valence electrons. The van der Waals surface area contributed by atoms with Gasteiger partial charge < -0.3 is 29.7 Å². The molecule has 9 nitrogen and oxygen atoms in total. The van der Waals surface area contributed by atoms with E-state index in [1.54, 1.807) is 19.4 Å². The number of pyridine rings is 1. The molecule has 2 saturated heterocycles. The average molecular weight is 350 g/mol. The molecule has 2 N–H and O–H groups in total. The Bertz CT molecular complexity index is 639. The van der Waals surface area contributed by atoms with Crippen LogP contribution in [0.3, 0.4) is 0 Å². The van der Waals surface area contributed by atoms with Crippen LogP contribution in [0.5, 0.6) is 5.75 Å². The molecule has 2 fully saturated rings. The van der Waals surface area contributed by atoms with E-state index < -0.39 is 6.09 Å². The summed E-state index contributed by atoms with van der Waals surface area (Å²) in [4.78, 5) is 30.9. The Labute approximate surface area is 145 Å². The summed E-state index contributed by atoms with van der Waals surface area (Å²) in [5.41, 5.74) is 1.05. The first kappa shape index (κ1) is 17.3. The fourth-order valence-corrected chi connectivity index (χ4v) is 3.00. The number of rotatable bonds is 4. The van der Waals surface area contributed by atoms with Crippen molar-refractivity contribution >= 4 is 17.7 Å². The number of aromatic nitrogens is 1. The van der Waals surface area contributed by atoms with E-state index in [1.165, 1.54) is 4.90 Å². The van der Waals surface area contributed by atoms with Gasteiger partial charge in [-0.2, -0.15) is 0 Å². The van der Waals surface area contributed by atoms with Crippen LogP contribution >= 0.6 is 0 Å². The highest BCUT2D eigenvalue weighted by atomic mass is 16.5. The Balaban J connectivity index is 1.69. The van der Waals surface area contributed by atoms with Gasteiger partial charge in [0.2, 0.25) is 0 Å². The molecule has 2 aliphatic heterocycles. The Kier molecular flexibility index (Phi) is 5.22. The summed E-state index contributed by atoms with van der Waals surface area (Å²) in [6.07, 6.45) is 1.50. The summed E-state index contributed by atoms with van der Waals surface area (Å²) < 4.78 is 10.7. The van der Waals surface area contributed by atoms with Gasteiger partial charge in [-0.3, -0.25) is 4.79 Å². The summed E-state index contributed by atoms with van der Waals surface area (Å²) in [7, 11) is 1.54. The predicted octanol–water partition coefficient (Wildman–Crippen LogP) is 0.409. The third-order valence-corrected chi connectivity index (χ3v) is 4.45. The number of hydrogen-bond acceptors (Lipinski definition) is 6. The van der Waals surface area contributed by atoms with Gasteiger partial charge in [0, 0.05) is 38.9 Å². The van der Waals surface area contributed by atoms with Gasteiger partial charge in [0.25, 0.3) is 5.91 Å². The zero-order chi connectivity index (χ0) is 17.8. The van der Waals surface area contributed by atoms with Gasteiger partial charge in [-0.1, -0.05) is 0 Å². The molecule has 3 heterocycles. The minimum atomic E-state index is -0.910. The third kappa shape index (κ3) is 3.93. The number of hydrogen-bond donors (Lipinski definition) is 2. The van der Waals surface area contributed by atoms with Crippen molar-refractivity contribution < 1.29 is 24.2 Å². The topological polar surface area (TPSA) is 104 Å². The molecule has 2 amide bonds. The SMILES string of the molecule is COc1cc(C(=O)NC2CCOC2)ncc1N1CCN(C(=O)O)CC1. The molecule has 1 aromatic rings. The fraction of sp³-hybridized carbons (Fsp3) is 0.562. The van der Waals surface area contributed by atoms with Crippen LogP contribution in [0.25, 0.3) is 0 Å². The first-order chi connectivity index (χ1) is 12.1. The van der Waals surface area contributed by atoms with Crippen LogP contribution in [-0.4, -0.2) is 79.5 Å². The lowest BCUT2D eigenvalue weighted by atomic mass is 10.2. The number of carboxylic acid groups (broad SMARTS) is 1. The van der Waals surface area contributed by atoms with E-state index in [9.17, 15) is 9.59 Å². The first-order valence-corrected chi connectivity index (χ1v) is 8.24. The lowest BCUT2D eigenvalue weighted by Crippen LogP contribution is -2.48. The summed E-state index contributed by atoms with van der Waals surface area (Å²) in [5.74, 6) is 0.294. The molecule has 3 rings (SSSR count). The minimum Gasteiger partial charge on any atom is -0.494 e. The average Bonchev–Trinajstić information content (AvgIpc) is 3.14. The Hall–Kier alpha value is -2.55. The molecule has 0 aliphatic carbocycles. The zero-order valence-corrected chi connectivity index (χ0v) is 14.1. The van der Waals surface area contributed by atoms with Crippen LogP contribution in [0.4, 0.5) is 10.5 Å². The summed E-state index contributed by atoms with van der Waals surface area (Å²) in [6, 6.07) is 1.63. The van der Waals surface area contributed by atoms with E-state index in [4.69, 9.17) is 14.6 Å². The molecule has 9 heteroatoms. The standard InChI is InChI=1S/C16H22N4O5/c1-24-14-8-12(15(21)18-11-2-7-25-10-11)17-9-13(14)19-3-5-20(6-4-19)16(22)23/h8-9,11H,2-7,10H2,1H3,(H,18,21)(H,22,23). The molecule has 0 radical (unpaired) electrons. The molecule has 1 aromatic heterocycles. The number of carbonyl (C=O) groups is 2. The highest BCUT2D eigenvalue weighted by Crippen LogP contribution is 2.29. The number of amides is 2. The lowest BCUT2D eigenvalue weighted by molar-refractivity contribution is 0.0924. The first-order valence-electron chi connectivity index (χ1n) is 8.24. The predicted molar refractivity (Wildman–Crippen MR) is 89.3 cm³/mol. The lowest BCUT2D eigenvalue weighted by Gasteiger charge is -2.35. The molecular formula is C16H22N4O5. The Morgan fingerprint density at radius 2 is 2.12 bits per heavy atom. The smallest absolute Gasteiger partial charge is 0.407 e. The quantitative estimate of drug-likeness (QED) is 0.810. The van der Waals surface area contributed by atoms with Crippen molar-refractivity contribution in [1.82, 2.24) is 15.2 Å². The van der Waals surface area contributed by atoms with Crippen LogP contribution < -0.4 is 15.0 Å². The zero-order valence-electron chi connectivity index (χ0n) is 14.1. The van der Waals surface area contributed by atoms with Gasteiger partial charge in [0.1, 0.15) is 11.4 Å². The molecule has 1 unspecified atom stereocenters. The summed E-state index contributed by atoms with van der Waals surface area (Å²) in [5, 5.41) is 11.9. The number of carbonyl (C=O) groups excluding carboxylic acids is 1. The van der Waals surface area contributed by atoms with Crippen LogP contribution in [0.1, 0.15) is 16.9 Å². The second-order valence-electron chi connectivity index (χ2n) is 6.03. The van der Waals surface area contributed by atoms with Crippen LogP contribution in [-0.2, 0) is 4.74 Å². The molecule has 0 bridgehead atoms. The molecule has 2 aliphatic rings. The Morgan fingerprint density at radius 1 is 1.36 bits per heavy atom. The second kappa shape index (κ2) is 7.56. The summed E-state index contributed by atoms with van der Waals surface area (Å²) >= 11 is 0. The van der Waals surface area contributed by atoms with Gasteiger partial charge in [-0.05, 0) is 6.42 Å². The monoisotopic (exact) mass is 350 g/mol. The third-order valence-electron chi connectivity index (χ3n) is 4.45. The Morgan fingerprint density at radius 3 is 2.72 bits per heavy atom. The summed E-state index contributed by atoms with van der Waals surface area (Å²) in [6.45, 7) is 3.12. The van der Waals surface area contributed by atoms with Crippen molar-refractivity contribution in [2.75, 3.05) is 51.4 Å². The fourth-order valence-electron chi connectivity index (χ4n) is 3.00. The van der Waals surface area contributed by atoms with Crippen molar-refractivity contribution in [3.05, 3.63) is 18.0 Å². The second-order valence-corrected chi connectivity index (χ2v) is 6.03. The van der Waals surface area contributed by atoms with Crippen LogP contribution in [0.15, 0.2) is 12.3 Å². The van der Waals surface area contributed by atoms with Gasteiger partial charge >= 0.3 is 6.09 Å². The van der Waals surface area contributed by atoms with E-state index in [2.05, 4.69) is 10.3 Å². The molecule has 0 saturated carbocycles. The normalized spacial score (nSPS) is 20.4. The van der Waals surface area contributed by atoms with Crippen molar-refractivity contribution in [3.63, 3.8) is 0 Å². The van der Waals surface area contributed by atoms with E-state index in [-0.39, 0.29) is 17.6 Å². The largest absolute Gasteiger partial charge is 0.494 e. The van der Waals surface area contributed by atoms with Gasteiger partial charge in [0.15, 0.2) is 0 Å².